The van der Waals surface area contributed by atoms with Gasteiger partial charge in [-0.25, -0.2) is 0 Å². The van der Waals surface area contributed by atoms with Crippen molar-refractivity contribution in [2.45, 2.75) is 6.92 Å². The first-order chi connectivity index (χ1) is 25.2. The number of nitrogens with zero attached hydrogens (tertiary/aromatic N) is 1. The monoisotopic (exact) mass is 667 g/mol. The van der Waals surface area contributed by atoms with Crippen LogP contribution >= 0.6 is 11.3 Å². The summed E-state index contributed by atoms with van der Waals surface area (Å²) in [6.07, 6.45) is 6.48. The molecule has 10 rings (SSSR count). The number of hydrogen-bond donors (Lipinski definition) is 0. The zero-order chi connectivity index (χ0) is 34.1. The summed E-state index contributed by atoms with van der Waals surface area (Å²) in [5, 5.41) is 11.6. The lowest BCUT2D eigenvalue weighted by Crippen LogP contribution is -1.95. The molecule has 2 heterocycles. The molecule has 0 aliphatic rings. The van der Waals surface area contributed by atoms with Crippen molar-refractivity contribution in [3.63, 3.8) is 0 Å². The lowest BCUT2D eigenvalue weighted by atomic mass is 9.89. The maximum atomic E-state index is 4.31. The Kier molecular flexibility index (Phi) is 6.80. The molecule has 10 aromatic rings. The second-order valence-electron chi connectivity index (χ2n) is 13.2. The van der Waals surface area contributed by atoms with E-state index < -0.39 is 0 Å². The van der Waals surface area contributed by atoms with E-state index in [2.05, 4.69) is 182 Å². The van der Waals surface area contributed by atoms with Crippen LogP contribution in [0.1, 0.15) is 17.4 Å². The average Bonchev–Trinajstić information content (AvgIpc) is 3.74. The summed E-state index contributed by atoms with van der Waals surface area (Å²) in [5.74, 6) is 0. The van der Waals surface area contributed by atoms with Gasteiger partial charge in [0.2, 0.25) is 0 Å². The molecule has 1 nitrogen and oxygen atoms in total. The van der Waals surface area contributed by atoms with Gasteiger partial charge in [0.1, 0.15) is 0 Å². The lowest BCUT2D eigenvalue weighted by Gasteiger charge is -2.15. The molecular weight excluding hydrogens is 635 g/mol. The quantitative estimate of drug-likeness (QED) is 0.161. The van der Waals surface area contributed by atoms with Gasteiger partial charge in [0.15, 0.2) is 0 Å². The van der Waals surface area contributed by atoms with Crippen LogP contribution < -0.4 is 0 Å². The average molecular weight is 668 g/mol. The topological polar surface area (TPSA) is 4.93 Å². The molecule has 2 aromatic heterocycles. The van der Waals surface area contributed by atoms with E-state index in [1.54, 1.807) is 0 Å². The van der Waals surface area contributed by atoms with E-state index in [-0.39, 0.29) is 0 Å². The molecule has 0 saturated heterocycles. The summed E-state index contributed by atoms with van der Waals surface area (Å²) in [6.45, 7) is 6.42. The number of para-hydroxylation sites is 1. The fourth-order valence-electron chi connectivity index (χ4n) is 8.33. The second kappa shape index (κ2) is 11.7. The van der Waals surface area contributed by atoms with E-state index >= 15 is 0 Å². The highest BCUT2D eigenvalue weighted by atomic mass is 32.1. The Hall–Kier alpha value is -6.22. The van der Waals surface area contributed by atoms with Gasteiger partial charge in [0, 0.05) is 43.1 Å². The van der Waals surface area contributed by atoms with Crippen molar-refractivity contribution in [3.8, 4) is 27.9 Å². The number of allylic oxidation sites excluding steroid dienone is 1. The number of benzene rings is 8. The number of aromatic nitrogens is 1. The van der Waals surface area contributed by atoms with E-state index in [4.69, 9.17) is 0 Å². The van der Waals surface area contributed by atoms with Gasteiger partial charge in [0.25, 0.3) is 0 Å². The number of fused-ring (bicyclic) bond motifs is 13. The Morgan fingerprint density at radius 1 is 0.510 bits per heavy atom. The number of rotatable bonds is 5. The van der Waals surface area contributed by atoms with Crippen LogP contribution in [0.4, 0.5) is 0 Å². The molecule has 240 valence electrons. The Labute approximate surface area is 300 Å². The Bertz CT molecular complexity index is 3040. The Morgan fingerprint density at radius 2 is 1.06 bits per heavy atom. The Balaban J connectivity index is 1.39. The standard InChI is InChI=1S/C49H33NS/c1-3-16-41-43(4-2)51-49-47(41)45-39-26-11-9-24-37(39)36-23-8-10-25-38(36)44(45)46-40-27-12-13-28-42(40)50(48(46)49)35-22-15-21-34(30-35)33-20-14-19-32(29-33)31-17-6-5-7-18-31/h3-30H,2H2,1H3/b16-3-. The SMILES string of the molecule is C=Cc1sc2c(c1/C=C\C)c1c3ccccc3c3ccccc3c1c1c3ccccc3n(-c3cccc(-c4cccc(-c5ccccc5)c4)c3)c21. The fraction of sp³-hybridized carbons (Fsp3) is 0.0204. The van der Waals surface area contributed by atoms with Crippen molar-refractivity contribution < 1.29 is 0 Å². The molecule has 0 unspecified atom stereocenters. The highest BCUT2D eigenvalue weighted by Gasteiger charge is 2.25. The van der Waals surface area contributed by atoms with Crippen LogP contribution in [0, 0.1) is 0 Å². The molecule has 0 fully saturated rings. The Morgan fingerprint density at radius 3 is 1.75 bits per heavy atom. The summed E-state index contributed by atoms with van der Waals surface area (Å²) in [6, 6.07) is 55.5. The van der Waals surface area contributed by atoms with Crippen molar-refractivity contribution in [3.05, 3.63) is 175 Å². The zero-order valence-corrected chi connectivity index (χ0v) is 29.0. The van der Waals surface area contributed by atoms with Gasteiger partial charge in [-0.15, -0.1) is 11.3 Å². The first-order valence-corrected chi connectivity index (χ1v) is 18.3. The van der Waals surface area contributed by atoms with Crippen molar-refractivity contribution in [1.29, 1.82) is 0 Å². The van der Waals surface area contributed by atoms with Crippen molar-refractivity contribution >= 4 is 87.7 Å². The van der Waals surface area contributed by atoms with Crippen molar-refractivity contribution in [2.24, 2.45) is 0 Å². The highest BCUT2D eigenvalue weighted by molar-refractivity contribution is 7.21. The predicted molar refractivity (Wildman–Crippen MR) is 224 cm³/mol. The lowest BCUT2D eigenvalue weighted by molar-refractivity contribution is 1.19. The minimum absolute atomic E-state index is 1.15. The molecule has 8 aromatic carbocycles. The zero-order valence-electron chi connectivity index (χ0n) is 28.2. The van der Waals surface area contributed by atoms with Crippen LogP contribution in [0.5, 0.6) is 0 Å². The molecule has 0 N–H and O–H groups in total. The van der Waals surface area contributed by atoms with Gasteiger partial charge in [0.05, 0.1) is 15.7 Å². The third-order valence-corrected chi connectivity index (χ3v) is 11.6. The van der Waals surface area contributed by atoms with Crippen LogP contribution in [0.3, 0.4) is 0 Å². The molecule has 0 atom stereocenters. The summed E-state index contributed by atoms with van der Waals surface area (Å²) >= 11 is 1.86. The predicted octanol–water partition coefficient (Wildman–Crippen LogP) is 14.5. The van der Waals surface area contributed by atoms with Crippen LogP contribution in [-0.2, 0) is 0 Å². The van der Waals surface area contributed by atoms with Gasteiger partial charge in [-0.3, -0.25) is 0 Å². The molecule has 0 aliphatic carbocycles. The highest BCUT2D eigenvalue weighted by Crippen LogP contribution is 2.51. The molecule has 0 saturated carbocycles. The minimum Gasteiger partial charge on any atom is -0.308 e. The minimum atomic E-state index is 1.15. The van der Waals surface area contributed by atoms with E-state index in [0.717, 1.165) is 5.69 Å². The number of hydrogen-bond acceptors (Lipinski definition) is 1. The van der Waals surface area contributed by atoms with E-state index in [1.165, 1.54) is 96.9 Å². The van der Waals surface area contributed by atoms with Gasteiger partial charge in [-0.2, -0.15) is 0 Å². The third kappa shape index (κ3) is 4.40. The smallest absolute Gasteiger partial charge is 0.0726 e. The van der Waals surface area contributed by atoms with Crippen LogP contribution in [0.15, 0.2) is 164 Å². The molecule has 2 heteroatoms. The van der Waals surface area contributed by atoms with Gasteiger partial charge in [-0.05, 0) is 75.0 Å². The van der Waals surface area contributed by atoms with E-state index in [9.17, 15) is 0 Å². The summed E-state index contributed by atoms with van der Waals surface area (Å²) in [5.41, 5.74) is 9.67. The molecule has 0 bridgehead atoms. The summed E-state index contributed by atoms with van der Waals surface area (Å²) in [7, 11) is 0. The van der Waals surface area contributed by atoms with Crippen LogP contribution in [-0.4, -0.2) is 4.57 Å². The van der Waals surface area contributed by atoms with Crippen LogP contribution in [0.2, 0.25) is 0 Å². The normalized spacial score (nSPS) is 12.0. The van der Waals surface area contributed by atoms with Crippen molar-refractivity contribution in [2.75, 3.05) is 0 Å². The maximum absolute atomic E-state index is 4.31. The third-order valence-electron chi connectivity index (χ3n) is 10.4. The molecule has 0 spiro atoms. The van der Waals surface area contributed by atoms with E-state index in [1.807, 2.05) is 17.4 Å². The first-order valence-electron chi connectivity index (χ1n) is 17.5. The maximum Gasteiger partial charge on any atom is 0.0726 e. The first kappa shape index (κ1) is 29.7. The fourth-order valence-corrected chi connectivity index (χ4v) is 9.52. The molecule has 51 heavy (non-hydrogen) atoms. The molecule has 0 amide bonds. The molecular formula is C49H33NS. The summed E-state index contributed by atoms with van der Waals surface area (Å²) in [4.78, 5) is 1.19. The molecule has 0 radical (unpaired) electrons. The summed E-state index contributed by atoms with van der Waals surface area (Å²) < 4.78 is 3.80. The second-order valence-corrected chi connectivity index (χ2v) is 14.3. The largest absolute Gasteiger partial charge is 0.308 e. The van der Waals surface area contributed by atoms with Gasteiger partial charge in [-0.1, -0.05) is 152 Å². The van der Waals surface area contributed by atoms with Gasteiger partial charge >= 0.3 is 0 Å². The molecule has 0 aliphatic heterocycles. The van der Waals surface area contributed by atoms with Gasteiger partial charge < -0.3 is 4.57 Å². The number of thiophene rings is 1. The van der Waals surface area contributed by atoms with Crippen LogP contribution in [0.25, 0.3) is 104 Å². The van der Waals surface area contributed by atoms with E-state index in [0.29, 0.717) is 0 Å². The van der Waals surface area contributed by atoms with Crippen molar-refractivity contribution in [1.82, 2.24) is 4.57 Å².